The molecule has 0 spiro atoms. The predicted molar refractivity (Wildman–Crippen MR) is 56.3 cm³/mol. The summed E-state index contributed by atoms with van der Waals surface area (Å²) in [5.74, 6) is -0.285. The molecule has 2 heterocycles. The Bertz CT molecular complexity index is 586. The Kier molecular flexibility index (Phi) is 1.68. The van der Waals surface area contributed by atoms with Crippen LogP contribution >= 0.6 is 0 Å². The molecule has 0 atom stereocenters. The fourth-order valence-electron chi connectivity index (χ4n) is 1.70. The van der Waals surface area contributed by atoms with Crippen molar-refractivity contribution in [2.24, 2.45) is 0 Å². The van der Waals surface area contributed by atoms with Crippen molar-refractivity contribution in [3.8, 4) is 0 Å². The van der Waals surface area contributed by atoms with E-state index < -0.39 is 5.97 Å². The van der Waals surface area contributed by atoms with E-state index in [-0.39, 0.29) is 5.69 Å². The molecule has 1 aliphatic carbocycles. The number of aromatic nitrogens is 3. The number of carboxylic acid groups (broad SMARTS) is 1. The van der Waals surface area contributed by atoms with Gasteiger partial charge in [0.2, 0.25) is 0 Å². The van der Waals surface area contributed by atoms with Crippen LogP contribution in [0.4, 0.5) is 5.82 Å². The lowest BCUT2D eigenvalue weighted by molar-refractivity contribution is 0.0690. The molecule has 6 nitrogen and oxygen atoms in total. The van der Waals surface area contributed by atoms with Gasteiger partial charge in [0, 0.05) is 18.1 Å². The van der Waals surface area contributed by atoms with Gasteiger partial charge in [-0.25, -0.2) is 9.78 Å². The number of hydrogen-bond donors (Lipinski definition) is 2. The van der Waals surface area contributed by atoms with E-state index >= 15 is 0 Å². The van der Waals surface area contributed by atoms with Gasteiger partial charge in [-0.3, -0.25) is 0 Å². The molecule has 0 unspecified atom stereocenters. The number of carbonyl (C=O) groups is 1. The van der Waals surface area contributed by atoms with Crippen LogP contribution in [-0.4, -0.2) is 25.7 Å². The summed E-state index contributed by atoms with van der Waals surface area (Å²) in [6, 6.07) is 3.12. The van der Waals surface area contributed by atoms with Gasteiger partial charge in [-0.15, -0.1) is 0 Å². The van der Waals surface area contributed by atoms with Gasteiger partial charge in [0.15, 0.2) is 11.3 Å². The largest absolute Gasteiger partial charge is 0.477 e. The van der Waals surface area contributed by atoms with Crippen molar-refractivity contribution < 1.29 is 9.90 Å². The lowest BCUT2D eigenvalue weighted by Crippen LogP contribution is -2.06. The molecular formula is C10H10N4O2. The van der Waals surface area contributed by atoms with Crippen LogP contribution in [0.5, 0.6) is 0 Å². The second-order valence-electron chi connectivity index (χ2n) is 3.98. The Morgan fingerprint density at radius 1 is 1.50 bits per heavy atom. The van der Waals surface area contributed by atoms with Crippen molar-refractivity contribution in [2.45, 2.75) is 18.8 Å². The molecule has 0 aliphatic heterocycles. The fourth-order valence-corrected chi connectivity index (χ4v) is 1.70. The van der Waals surface area contributed by atoms with Crippen LogP contribution in [0.2, 0.25) is 0 Å². The van der Waals surface area contributed by atoms with Crippen LogP contribution in [-0.2, 0) is 0 Å². The predicted octanol–water partition coefficient (Wildman–Crippen LogP) is 0.887. The highest BCUT2D eigenvalue weighted by molar-refractivity contribution is 5.86. The zero-order chi connectivity index (χ0) is 11.3. The number of anilines is 1. The third-order valence-electron chi connectivity index (χ3n) is 2.69. The molecule has 2 aromatic heterocycles. The quantitative estimate of drug-likeness (QED) is 0.780. The summed E-state index contributed by atoms with van der Waals surface area (Å²) in [5.41, 5.74) is 7.12. The van der Waals surface area contributed by atoms with Crippen LogP contribution in [0.15, 0.2) is 12.1 Å². The SMILES string of the molecule is Nc1cc(C(=O)O)nc2cc(C3CC3)nn12. The molecular weight excluding hydrogens is 208 g/mol. The molecule has 3 rings (SSSR count). The Balaban J connectivity index is 2.21. The average molecular weight is 218 g/mol. The first kappa shape index (κ1) is 9.14. The summed E-state index contributed by atoms with van der Waals surface area (Å²) >= 11 is 0. The molecule has 82 valence electrons. The van der Waals surface area contributed by atoms with Gasteiger partial charge in [-0.05, 0) is 12.8 Å². The van der Waals surface area contributed by atoms with Crippen molar-refractivity contribution in [3.63, 3.8) is 0 Å². The minimum Gasteiger partial charge on any atom is -0.477 e. The molecule has 6 heteroatoms. The van der Waals surface area contributed by atoms with Crippen LogP contribution < -0.4 is 5.73 Å². The van der Waals surface area contributed by atoms with Crippen molar-refractivity contribution in [1.29, 1.82) is 0 Å². The normalized spacial score (nSPS) is 15.5. The van der Waals surface area contributed by atoms with E-state index in [2.05, 4.69) is 10.1 Å². The van der Waals surface area contributed by atoms with Gasteiger partial charge >= 0.3 is 5.97 Å². The Morgan fingerprint density at radius 3 is 2.88 bits per heavy atom. The van der Waals surface area contributed by atoms with Gasteiger partial charge in [0.1, 0.15) is 5.82 Å². The molecule has 0 amide bonds. The minimum absolute atomic E-state index is 0.0488. The van der Waals surface area contributed by atoms with Crippen molar-refractivity contribution in [3.05, 3.63) is 23.5 Å². The van der Waals surface area contributed by atoms with Crippen molar-refractivity contribution in [1.82, 2.24) is 14.6 Å². The molecule has 0 aromatic carbocycles. The number of aromatic carboxylic acids is 1. The van der Waals surface area contributed by atoms with Gasteiger partial charge in [0.25, 0.3) is 0 Å². The molecule has 0 saturated heterocycles. The number of nitrogens with two attached hydrogens (primary N) is 1. The summed E-state index contributed by atoms with van der Waals surface area (Å²) in [4.78, 5) is 14.8. The number of nitrogens with zero attached hydrogens (tertiary/aromatic N) is 3. The van der Waals surface area contributed by atoms with Gasteiger partial charge in [-0.2, -0.15) is 9.61 Å². The topological polar surface area (TPSA) is 93.5 Å². The zero-order valence-corrected chi connectivity index (χ0v) is 8.42. The highest BCUT2D eigenvalue weighted by Crippen LogP contribution is 2.39. The number of nitrogen functional groups attached to an aromatic ring is 1. The average Bonchev–Trinajstić information content (AvgIpc) is 2.98. The summed E-state index contributed by atoms with van der Waals surface area (Å²) in [5, 5.41) is 13.2. The Labute approximate surface area is 90.7 Å². The number of fused-ring (bicyclic) bond motifs is 1. The summed E-state index contributed by atoms with van der Waals surface area (Å²) in [6.07, 6.45) is 2.27. The zero-order valence-electron chi connectivity index (χ0n) is 8.42. The van der Waals surface area contributed by atoms with Crippen molar-refractivity contribution >= 4 is 17.4 Å². The van der Waals surface area contributed by atoms with E-state index in [4.69, 9.17) is 10.8 Å². The van der Waals surface area contributed by atoms with Gasteiger partial charge < -0.3 is 10.8 Å². The molecule has 1 fully saturated rings. The van der Waals surface area contributed by atoms with Crippen LogP contribution in [0.1, 0.15) is 34.9 Å². The van der Waals surface area contributed by atoms with E-state index in [1.54, 1.807) is 6.07 Å². The highest BCUT2D eigenvalue weighted by atomic mass is 16.4. The summed E-state index contributed by atoms with van der Waals surface area (Å²) in [7, 11) is 0. The second-order valence-corrected chi connectivity index (χ2v) is 3.98. The first-order chi connectivity index (χ1) is 7.65. The minimum atomic E-state index is -1.08. The number of rotatable bonds is 2. The Hall–Kier alpha value is -2.11. The third kappa shape index (κ3) is 1.30. The lowest BCUT2D eigenvalue weighted by Gasteiger charge is -1.99. The maximum absolute atomic E-state index is 10.8. The smallest absolute Gasteiger partial charge is 0.354 e. The van der Waals surface area contributed by atoms with Crippen molar-refractivity contribution in [2.75, 3.05) is 5.73 Å². The molecule has 1 saturated carbocycles. The first-order valence-corrected chi connectivity index (χ1v) is 5.04. The maximum Gasteiger partial charge on any atom is 0.354 e. The van der Waals surface area contributed by atoms with Gasteiger partial charge in [-0.1, -0.05) is 0 Å². The first-order valence-electron chi connectivity index (χ1n) is 5.04. The van der Waals surface area contributed by atoms with Crippen LogP contribution in [0, 0.1) is 0 Å². The molecule has 16 heavy (non-hydrogen) atoms. The van der Waals surface area contributed by atoms with Crippen LogP contribution in [0.3, 0.4) is 0 Å². The monoisotopic (exact) mass is 218 g/mol. The third-order valence-corrected chi connectivity index (χ3v) is 2.69. The standard InChI is InChI=1S/C10H10N4O2/c11-8-3-7(10(15)16)12-9-4-6(5-1-2-5)13-14(8)9/h3-5H,1-2,11H2,(H,15,16). The highest BCUT2D eigenvalue weighted by Gasteiger charge is 2.27. The lowest BCUT2D eigenvalue weighted by atomic mass is 10.3. The summed E-state index contributed by atoms with van der Waals surface area (Å²) in [6.45, 7) is 0. The maximum atomic E-state index is 10.8. The molecule has 0 bridgehead atoms. The molecule has 1 aliphatic rings. The van der Waals surface area contributed by atoms with Crippen LogP contribution in [0.25, 0.3) is 5.65 Å². The second kappa shape index (κ2) is 2.94. The van der Waals surface area contributed by atoms with E-state index in [1.807, 2.05) is 0 Å². The Morgan fingerprint density at radius 2 is 2.25 bits per heavy atom. The van der Waals surface area contributed by atoms with Gasteiger partial charge in [0.05, 0.1) is 5.69 Å². The number of hydrogen-bond acceptors (Lipinski definition) is 4. The number of carboxylic acids is 1. The molecule has 0 radical (unpaired) electrons. The van der Waals surface area contributed by atoms with E-state index in [0.717, 1.165) is 18.5 Å². The molecule has 3 N–H and O–H groups in total. The van der Waals surface area contributed by atoms with E-state index in [9.17, 15) is 4.79 Å². The van der Waals surface area contributed by atoms with E-state index in [0.29, 0.717) is 17.4 Å². The fraction of sp³-hybridized carbons (Fsp3) is 0.300. The summed E-state index contributed by atoms with van der Waals surface area (Å²) < 4.78 is 1.49. The van der Waals surface area contributed by atoms with E-state index in [1.165, 1.54) is 10.6 Å². The molecule has 2 aromatic rings.